The van der Waals surface area contributed by atoms with Crippen molar-refractivity contribution in [3.05, 3.63) is 53.3 Å². The maximum atomic E-state index is 12.5. The van der Waals surface area contributed by atoms with Gasteiger partial charge in [0.15, 0.2) is 0 Å². The number of rotatable bonds is 3. The lowest BCUT2D eigenvalue weighted by atomic mass is 9.98. The Morgan fingerprint density at radius 1 is 1.27 bits per heavy atom. The van der Waals surface area contributed by atoms with Gasteiger partial charge >= 0.3 is 0 Å². The molecule has 1 aliphatic rings. The van der Waals surface area contributed by atoms with Crippen molar-refractivity contribution in [2.75, 3.05) is 18.3 Å². The minimum Gasteiger partial charge on any atom is -0.302 e. The molecule has 2 heterocycles. The van der Waals surface area contributed by atoms with E-state index in [4.69, 9.17) is 0 Å². The number of fused-ring (bicyclic) bond motifs is 1. The molecule has 0 unspecified atom stereocenters. The fourth-order valence-electron chi connectivity index (χ4n) is 2.72. The Hall–Kier alpha value is -1.92. The second kappa shape index (κ2) is 5.70. The lowest BCUT2D eigenvalue weighted by molar-refractivity contribution is 0.313. The number of sulfonamides is 1. The minimum atomic E-state index is -3.61. The molecule has 116 valence electrons. The van der Waals surface area contributed by atoms with Crippen LogP contribution in [0.25, 0.3) is 0 Å². The van der Waals surface area contributed by atoms with Gasteiger partial charge in [-0.2, -0.15) is 0 Å². The largest absolute Gasteiger partial charge is 0.302 e. The minimum absolute atomic E-state index is 0.193. The Kier molecular flexibility index (Phi) is 3.88. The van der Waals surface area contributed by atoms with Crippen LogP contribution < -0.4 is 4.72 Å². The van der Waals surface area contributed by atoms with Crippen LogP contribution in [0.15, 0.2) is 41.6 Å². The molecule has 0 amide bonds. The Morgan fingerprint density at radius 3 is 2.86 bits per heavy atom. The molecule has 1 aromatic heterocycles. The molecule has 2 aromatic rings. The number of likely N-dealkylation sites (N-methyl/N-ethyl adjacent to an activating group) is 1. The third-order valence-electron chi connectivity index (χ3n) is 3.86. The van der Waals surface area contributed by atoms with E-state index in [-0.39, 0.29) is 4.90 Å². The first-order valence-electron chi connectivity index (χ1n) is 7.19. The lowest BCUT2D eigenvalue weighted by Crippen LogP contribution is -2.27. The third kappa shape index (κ3) is 2.98. The van der Waals surface area contributed by atoms with E-state index in [9.17, 15) is 8.42 Å². The summed E-state index contributed by atoms with van der Waals surface area (Å²) in [5.41, 5.74) is 3.76. The summed E-state index contributed by atoms with van der Waals surface area (Å²) < 4.78 is 27.8. The number of hydrogen-bond donors (Lipinski definition) is 1. The average molecular weight is 317 g/mol. The van der Waals surface area contributed by atoms with Gasteiger partial charge < -0.3 is 4.90 Å². The quantitative estimate of drug-likeness (QED) is 0.942. The molecule has 0 bridgehead atoms. The van der Waals surface area contributed by atoms with E-state index in [1.807, 2.05) is 19.1 Å². The second-order valence-electron chi connectivity index (χ2n) is 5.73. The molecule has 3 rings (SSSR count). The highest BCUT2D eigenvalue weighted by Gasteiger charge is 2.20. The van der Waals surface area contributed by atoms with Gasteiger partial charge in [-0.3, -0.25) is 9.71 Å². The summed E-state index contributed by atoms with van der Waals surface area (Å²) in [5.74, 6) is 0. The van der Waals surface area contributed by atoms with Gasteiger partial charge in [0, 0.05) is 25.5 Å². The molecule has 5 nitrogen and oxygen atoms in total. The zero-order valence-electron chi connectivity index (χ0n) is 12.7. The van der Waals surface area contributed by atoms with E-state index in [0.717, 1.165) is 30.6 Å². The summed E-state index contributed by atoms with van der Waals surface area (Å²) in [6.45, 7) is 3.60. The lowest BCUT2D eigenvalue weighted by Gasteiger charge is -2.26. The van der Waals surface area contributed by atoms with E-state index < -0.39 is 10.0 Å². The molecule has 0 fully saturated rings. The van der Waals surface area contributed by atoms with Gasteiger partial charge in [-0.1, -0.05) is 12.1 Å². The molecule has 0 saturated heterocycles. The normalized spacial score (nSPS) is 15.4. The molecule has 0 saturated carbocycles. The number of pyridine rings is 1. The van der Waals surface area contributed by atoms with Gasteiger partial charge in [-0.25, -0.2) is 8.42 Å². The summed E-state index contributed by atoms with van der Waals surface area (Å²) in [5, 5.41) is 0. The SMILES string of the molecule is Cc1cncc(S(=O)(=O)Nc2cccc3c2CCN(C)C3)c1. The van der Waals surface area contributed by atoms with Crippen LogP contribution in [0.2, 0.25) is 0 Å². The smallest absolute Gasteiger partial charge is 0.263 e. The van der Waals surface area contributed by atoms with E-state index in [2.05, 4.69) is 27.7 Å². The maximum absolute atomic E-state index is 12.5. The monoisotopic (exact) mass is 317 g/mol. The summed E-state index contributed by atoms with van der Waals surface area (Å²) in [6.07, 6.45) is 3.86. The number of nitrogens with one attached hydrogen (secondary N) is 1. The molecule has 0 radical (unpaired) electrons. The van der Waals surface area contributed by atoms with Crippen LogP contribution in [0.5, 0.6) is 0 Å². The van der Waals surface area contributed by atoms with E-state index in [0.29, 0.717) is 5.69 Å². The fraction of sp³-hybridized carbons (Fsp3) is 0.312. The molecule has 22 heavy (non-hydrogen) atoms. The Balaban J connectivity index is 1.95. The number of benzene rings is 1. The number of hydrogen-bond acceptors (Lipinski definition) is 4. The van der Waals surface area contributed by atoms with Crippen molar-refractivity contribution in [3.63, 3.8) is 0 Å². The van der Waals surface area contributed by atoms with E-state index in [1.165, 1.54) is 11.8 Å². The zero-order chi connectivity index (χ0) is 15.7. The fourth-order valence-corrected chi connectivity index (χ4v) is 3.86. The summed E-state index contributed by atoms with van der Waals surface area (Å²) in [6, 6.07) is 7.39. The van der Waals surface area contributed by atoms with Gasteiger partial charge in [0.1, 0.15) is 4.90 Å². The molecule has 0 spiro atoms. The second-order valence-corrected chi connectivity index (χ2v) is 7.42. The van der Waals surface area contributed by atoms with Gasteiger partial charge in [-0.15, -0.1) is 0 Å². The molecule has 1 N–H and O–H groups in total. The number of nitrogens with zero attached hydrogens (tertiary/aromatic N) is 2. The van der Waals surface area contributed by atoms with Crippen molar-refractivity contribution >= 4 is 15.7 Å². The van der Waals surface area contributed by atoms with Crippen molar-refractivity contribution in [3.8, 4) is 0 Å². The van der Waals surface area contributed by atoms with Crippen LogP contribution in [-0.4, -0.2) is 31.9 Å². The predicted octanol–water partition coefficient (Wildman–Crippen LogP) is 2.18. The van der Waals surface area contributed by atoms with Crippen LogP contribution in [0, 0.1) is 6.92 Å². The van der Waals surface area contributed by atoms with Crippen LogP contribution in [0.4, 0.5) is 5.69 Å². The third-order valence-corrected chi connectivity index (χ3v) is 5.19. The van der Waals surface area contributed by atoms with Gasteiger partial charge in [0.2, 0.25) is 0 Å². The summed E-state index contributed by atoms with van der Waals surface area (Å²) in [4.78, 5) is 6.38. The predicted molar refractivity (Wildman–Crippen MR) is 86.3 cm³/mol. The zero-order valence-corrected chi connectivity index (χ0v) is 13.5. The average Bonchev–Trinajstić information content (AvgIpc) is 2.47. The number of aromatic nitrogens is 1. The summed E-state index contributed by atoms with van der Waals surface area (Å²) >= 11 is 0. The van der Waals surface area contributed by atoms with E-state index >= 15 is 0 Å². The standard InChI is InChI=1S/C16H19N3O2S/c1-12-8-14(10-17-9-12)22(20,21)18-16-5-3-4-13-11-19(2)7-6-15(13)16/h3-5,8-10,18H,6-7,11H2,1-2H3. The van der Waals surface area contributed by atoms with E-state index in [1.54, 1.807) is 12.3 Å². The Labute approximate surface area is 131 Å². The van der Waals surface area contributed by atoms with Crippen LogP contribution in [-0.2, 0) is 23.0 Å². The van der Waals surface area contributed by atoms with Crippen LogP contribution in [0.3, 0.4) is 0 Å². The van der Waals surface area contributed by atoms with Gasteiger partial charge in [0.25, 0.3) is 10.0 Å². The molecular formula is C16H19N3O2S. The Morgan fingerprint density at radius 2 is 2.09 bits per heavy atom. The first-order chi connectivity index (χ1) is 10.5. The summed E-state index contributed by atoms with van der Waals surface area (Å²) in [7, 11) is -1.54. The highest BCUT2D eigenvalue weighted by molar-refractivity contribution is 7.92. The molecule has 1 aromatic carbocycles. The number of anilines is 1. The van der Waals surface area contributed by atoms with Crippen LogP contribution in [0.1, 0.15) is 16.7 Å². The van der Waals surface area contributed by atoms with Crippen molar-refractivity contribution < 1.29 is 8.42 Å². The maximum Gasteiger partial charge on any atom is 0.263 e. The van der Waals surface area contributed by atoms with Crippen LogP contribution >= 0.6 is 0 Å². The van der Waals surface area contributed by atoms with Crippen molar-refractivity contribution in [1.82, 2.24) is 9.88 Å². The Bertz CT molecular complexity index is 803. The molecule has 0 aliphatic carbocycles. The number of aryl methyl sites for hydroxylation is 1. The molecule has 0 atom stereocenters. The first-order valence-corrected chi connectivity index (χ1v) is 8.68. The van der Waals surface area contributed by atoms with Crippen molar-refractivity contribution in [2.24, 2.45) is 0 Å². The van der Waals surface area contributed by atoms with Crippen molar-refractivity contribution in [2.45, 2.75) is 24.8 Å². The molecule has 1 aliphatic heterocycles. The first kappa shape index (κ1) is 15.0. The highest BCUT2D eigenvalue weighted by Crippen LogP contribution is 2.27. The molecule has 6 heteroatoms. The van der Waals surface area contributed by atoms with Crippen molar-refractivity contribution in [1.29, 1.82) is 0 Å². The molecular weight excluding hydrogens is 298 g/mol. The van der Waals surface area contributed by atoms with Gasteiger partial charge in [-0.05, 0) is 49.2 Å². The van der Waals surface area contributed by atoms with Gasteiger partial charge in [0.05, 0.1) is 5.69 Å². The topological polar surface area (TPSA) is 62.3 Å². The highest BCUT2D eigenvalue weighted by atomic mass is 32.2.